The van der Waals surface area contributed by atoms with Crippen LogP contribution in [0.15, 0.2) is 36.4 Å². The molecule has 1 saturated carbocycles. The van der Waals surface area contributed by atoms with E-state index < -0.39 is 17.8 Å². The van der Waals surface area contributed by atoms with Gasteiger partial charge in [0.1, 0.15) is 0 Å². The van der Waals surface area contributed by atoms with Gasteiger partial charge in [0.2, 0.25) is 0 Å². The number of hydrogen-bond donors (Lipinski definition) is 1. The van der Waals surface area contributed by atoms with Crippen molar-refractivity contribution < 1.29 is 14.7 Å². The Kier molecular flexibility index (Phi) is 2.77. The maximum atomic E-state index is 12.6. The van der Waals surface area contributed by atoms with E-state index >= 15 is 0 Å². The summed E-state index contributed by atoms with van der Waals surface area (Å²) in [6, 6.07) is 7.39. The van der Waals surface area contributed by atoms with Crippen LogP contribution >= 0.6 is 0 Å². The van der Waals surface area contributed by atoms with Crippen LogP contribution in [0.1, 0.15) is 22.3 Å². The highest BCUT2D eigenvalue weighted by Gasteiger charge is 2.51. The third-order valence-corrected chi connectivity index (χ3v) is 4.38. The van der Waals surface area contributed by atoms with E-state index in [1.807, 2.05) is 31.2 Å². The molecular formula is C16H16O3. The molecule has 2 aliphatic carbocycles. The van der Waals surface area contributed by atoms with Crippen molar-refractivity contribution in [3.8, 4) is 0 Å². The minimum atomic E-state index is -0.845. The molecule has 19 heavy (non-hydrogen) atoms. The second kappa shape index (κ2) is 4.34. The monoisotopic (exact) mass is 256 g/mol. The molecule has 1 aromatic carbocycles. The molecule has 1 N–H and O–H groups in total. The van der Waals surface area contributed by atoms with E-state index in [4.69, 9.17) is 0 Å². The number of benzene rings is 1. The fourth-order valence-corrected chi connectivity index (χ4v) is 3.43. The zero-order valence-electron chi connectivity index (χ0n) is 10.7. The Morgan fingerprint density at radius 2 is 1.63 bits per heavy atom. The number of fused-ring (bicyclic) bond motifs is 2. The number of carboxylic acid groups (broad SMARTS) is 1. The topological polar surface area (TPSA) is 54.4 Å². The Labute approximate surface area is 111 Å². The second-order valence-corrected chi connectivity index (χ2v) is 5.57. The van der Waals surface area contributed by atoms with Crippen LogP contribution in [0.25, 0.3) is 0 Å². The summed E-state index contributed by atoms with van der Waals surface area (Å²) in [6.07, 6.45) is 4.78. The fraction of sp³-hybridized carbons (Fsp3) is 0.375. The molecule has 0 aromatic heterocycles. The number of ketones is 1. The van der Waals surface area contributed by atoms with Crippen molar-refractivity contribution in [1.29, 1.82) is 0 Å². The molecule has 1 aromatic rings. The molecule has 1 fully saturated rings. The molecule has 0 saturated heterocycles. The van der Waals surface area contributed by atoms with Gasteiger partial charge in [-0.15, -0.1) is 0 Å². The average molecular weight is 256 g/mol. The van der Waals surface area contributed by atoms with Crippen LogP contribution in [0.4, 0.5) is 0 Å². The van der Waals surface area contributed by atoms with Crippen LogP contribution in [-0.4, -0.2) is 16.9 Å². The zero-order valence-corrected chi connectivity index (χ0v) is 10.7. The maximum absolute atomic E-state index is 12.6. The lowest BCUT2D eigenvalue weighted by Gasteiger charge is -2.23. The largest absolute Gasteiger partial charge is 0.481 e. The van der Waals surface area contributed by atoms with Crippen molar-refractivity contribution in [3.05, 3.63) is 47.5 Å². The lowest BCUT2D eigenvalue weighted by atomic mass is 9.78. The van der Waals surface area contributed by atoms with Crippen LogP contribution in [0.5, 0.6) is 0 Å². The van der Waals surface area contributed by atoms with Crippen LogP contribution < -0.4 is 0 Å². The van der Waals surface area contributed by atoms with E-state index in [0.717, 1.165) is 12.0 Å². The Morgan fingerprint density at radius 1 is 1.05 bits per heavy atom. The smallest absolute Gasteiger partial charge is 0.307 e. The molecule has 4 atom stereocenters. The first-order valence-electron chi connectivity index (χ1n) is 6.60. The number of aryl methyl sites for hydroxylation is 1. The Balaban J connectivity index is 1.92. The van der Waals surface area contributed by atoms with E-state index in [1.165, 1.54) is 0 Å². The molecular weight excluding hydrogens is 240 g/mol. The van der Waals surface area contributed by atoms with Gasteiger partial charge in [-0.2, -0.15) is 0 Å². The highest BCUT2D eigenvalue weighted by molar-refractivity contribution is 6.01. The summed E-state index contributed by atoms with van der Waals surface area (Å²) in [7, 11) is 0. The van der Waals surface area contributed by atoms with E-state index in [1.54, 1.807) is 12.1 Å². The third-order valence-electron chi connectivity index (χ3n) is 4.38. The van der Waals surface area contributed by atoms with Crippen LogP contribution in [-0.2, 0) is 4.79 Å². The van der Waals surface area contributed by atoms with Gasteiger partial charge in [0.15, 0.2) is 5.78 Å². The number of carboxylic acids is 1. The van der Waals surface area contributed by atoms with Gasteiger partial charge in [0.05, 0.1) is 5.92 Å². The highest BCUT2D eigenvalue weighted by Crippen LogP contribution is 2.49. The zero-order chi connectivity index (χ0) is 13.6. The first kappa shape index (κ1) is 12.2. The molecule has 3 rings (SSSR count). The number of rotatable bonds is 3. The first-order chi connectivity index (χ1) is 9.08. The van der Waals surface area contributed by atoms with E-state index in [-0.39, 0.29) is 17.6 Å². The normalized spacial score (nSPS) is 31.6. The molecule has 0 radical (unpaired) electrons. The molecule has 0 amide bonds. The predicted octanol–water partition coefficient (Wildman–Crippen LogP) is 2.70. The first-order valence-corrected chi connectivity index (χ1v) is 6.60. The Bertz CT molecular complexity index is 556. The summed E-state index contributed by atoms with van der Waals surface area (Å²) < 4.78 is 0. The summed E-state index contributed by atoms with van der Waals surface area (Å²) in [5.41, 5.74) is 1.72. The molecule has 3 heteroatoms. The number of carbonyl (C=O) groups is 2. The molecule has 0 spiro atoms. The van der Waals surface area contributed by atoms with Crippen LogP contribution in [0.2, 0.25) is 0 Å². The van der Waals surface area contributed by atoms with E-state index in [9.17, 15) is 14.7 Å². The molecule has 0 unspecified atom stereocenters. The lowest BCUT2D eigenvalue weighted by molar-refractivity contribution is -0.143. The molecule has 0 aliphatic heterocycles. The number of hydrogen-bond acceptors (Lipinski definition) is 2. The summed E-state index contributed by atoms with van der Waals surface area (Å²) >= 11 is 0. The van der Waals surface area contributed by atoms with Gasteiger partial charge >= 0.3 is 5.97 Å². The van der Waals surface area contributed by atoms with Crippen molar-refractivity contribution >= 4 is 11.8 Å². The fourth-order valence-electron chi connectivity index (χ4n) is 3.43. The van der Waals surface area contributed by atoms with Gasteiger partial charge in [-0.3, -0.25) is 9.59 Å². The highest BCUT2D eigenvalue weighted by atomic mass is 16.4. The van der Waals surface area contributed by atoms with Crippen molar-refractivity contribution in [2.75, 3.05) is 0 Å². The van der Waals surface area contributed by atoms with Gasteiger partial charge in [-0.25, -0.2) is 0 Å². The van der Waals surface area contributed by atoms with Crippen molar-refractivity contribution in [3.63, 3.8) is 0 Å². The van der Waals surface area contributed by atoms with Gasteiger partial charge in [0.25, 0.3) is 0 Å². The molecule has 0 heterocycles. The maximum Gasteiger partial charge on any atom is 0.307 e. The molecule has 98 valence electrons. The summed E-state index contributed by atoms with van der Waals surface area (Å²) in [5.74, 6) is -1.69. The minimum Gasteiger partial charge on any atom is -0.481 e. The molecule has 2 bridgehead atoms. The predicted molar refractivity (Wildman–Crippen MR) is 70.9 cm³/mol. The molecule has 2 aliphatic rings. The third kappa shape index (κ3) is 1.89. The van der Waals surface area contributed by atoms with Crippen molar-refractivity contribution in [2.45, 2.75) is 13.3 Å². The average Bonchev–Trinajstić information content (AvgIpc) is 2.98. The van der Waals surface area contributed by atoms with Gasteiger partial charge < -0.3 is 5.11 Å². The van der Waals surface area contributed by atoms with E-state index in [0.29, 0.717) is 5.56 Å². The van der Waals surface area contributed by atoms with Gasteiger partial charge in [0, 0.05) is 11.5 Å². The van der Waals surface area contributed by atoms with Gasteiger partial charge in [-0.05, 0) is 25.2 Å². The second-order valence-electron chi connectivity index (χ2n) is 5.57. The Hall–Kier alpha value is -1.90. The Morgan fingerprint density at radius 3 is 2.21 bits per heavy atom. The summed E-state index contributed by atoms with van der Waals surface area (Å²) in [6.45, 7) is 1.97. The number of Topliss-reactive ketones (excluding diaryl/α,β-unsaturated/α-hetero) is 1. The number of aliphatic carboxylic acids is 1. The quantitative estimate of drug-likeness (QED) is 0.668. The summed E-state index contributed by atoms with van der Waals surface area (Å²) in [4.78, 5) is 24.0. The van der Waals surface area contributed by atoms with Crippen LogP contribution in [0, 0.1) is 30.6 Å². The van der Waals surface area contributed by atoms with E-state index in [2.05, 4.69) is 0 Å². The SMILES string of the molecule is Cc1ccc(C(=O)[C@H]2[C@H](C(=O)O)[C@@H]3C=C[C@H]2C3)cc1. The lowest BCUT2D eigenvalue weighted by Crippen LogP contribution is -2.33. The van der Waals surface area contributed by atoms with Crippen LogP contribution in [0.3, 0.4) is 0 Å². The number of allylic oxidation sites excluding steroid dienone is 2. The van der Waals surface area contributed by atoms with Crippen molar-refractivity contribution in [2.24, 2.45) is 23.7 Å². The standard InChI is InChI=1S/C16H16O3/c1-9-2-4-10(5-3-9)15(17)13-11-6-7-12(8-11)14(13)16(18)19/h2-7,11-14H,8H2,1H3,(H,18,19)/t11-,12+,13+,14+/m0/s1. The minimum absolute atomic E-state index is 0.0238. The summed E-state index contributed by atoms with van der Waals surface area (Å²) in [5, 5.41) is 9.36. The van der Waals surface area contributed by atoms with Crippen molar-refractivity contribution in [1.82, 2.24) is 0 Å². The molecule has 3 nitrogen and oxygen atoms in total. The van der Waals surface area contributed by atoms with Gasteiger partial charge in [-0.1, -0.05) is 42.0 Å². The number of carbonyl (C=O) groups excluding carboxylic acids is 1.